The SMILES string of the molecule is C#Cc1nn([C@@]2([Si])C[C@H](COC(F)(F)F)N(C(=O)C=C)C2)c(NC)c1C(N)=O. The lowest BCUT2D eigenvalue weighted by molar-refractivity contribution is -0.327. The highest BCUT2D eigenvalue weighted by atomic mass is 28.1. The first-order valence-electron chi connectivity index (χ1n) is 7.93. The number of nitrogens with two attached hydrogens (primary N) is 1. The zero-order valence-corrected chi connectivity index (χ0v) is 15.8. The number of terminal acetylenes is 1. The summed E-state index contributed by atoms with van der Waals surface area (Å²) in [5.41, 5.74) is 5.30. The van der Waals surface area contributed by atoms with E-state index in [1.165, 1.54) is 16.6 Å². The van der Waals surface area contributed by atoms with Gasteiger partial charge in [0.05, 0.1) is 28.1 Å². The Bertz CT molecular complexity index is 848. The molecule has 1 aromatic rings. The number of likely N-dealkylation sites (tertiary alicyclic amines) is 1. The van der Waals surface area contributed by atoms with E-state index in [9.17, 15) is 22.8 Å². The minimum atomic E-state index is -4.85. The molecule has 1 aliphatic heterocycles. The summed E-state index contributed by atoms with van der Waals surface area (Å²) < 4.78 is 42.7. The van der Waals surface area contributed by atoms with Crippen molar-refractivity contribution in [1.29, 1.82) is 0 Å². The first-order chi connectivity index (χ1) is 13.0. The van der Waals surface area contributed by atoms with E-state index in [0.717, 1.165) is 6.08 Å². The first kappa shape index (κ1) is 21.5. The van der Waals surface area contributed by atoms with Gasteiger partial charge >= 0.3 is 6.36 Å². The van der Waals surface area contributed by atoms with Crippen LogP contribution in [0, 0.1) is 12.3 Å². The van der Waals surface area contributed by atoms with Gasteiger partial charge in [-0.15, -0.1) is 19.6 Å². The molecule has 12 heteroatoms. The largest absolute Gasteiger partial charge is 0.522 e. The number of ether oxygens (including phenoxy) is 1. The summed E-state index contributed by atoms with van der Waals surface area (Å²) in [6, 6.07) is -0.940. The van der Waals surface area contributed by atoms with Crippen molar-refractivity contribution in [1.82, 2.24) is 14.7 Å². The van der Waals surface area contributed by atoms with E-state index in [1.54, 1.807) is 0 Å². The van der Waals surface area contributed by atoms with Crippen LogP contribution in [-0.2, 0) is 14.7 Å². The van der Waals surface area contributed by atoms with Gasteiger partial charge in [-0.2, -0.15) is 5.10 Å². The maximum atomic E-state index is 12.5. The number of aromatic nitrogens is 2. The van der Waals surface area contributed by atoms with Crippen molar-refractivity contribution in [3.63, 3.8) is 0 Å². The van der Waals surface area contributed by atoms with Gasteiger partial charge in [-0.1, -0.05) is 6.58 Å². The molecular weight excluding hydrogens is 395 g/mol. The minimum absolute atomic E-state index is 0.0158. The number of nitrogens with one attached hydrogen (secondary N) is 1. The fraction of sp³-hybridized carbons (Fsp3) is 0.438. The normalized spacial score (nSPS) is 22.0. The molecule has 0 bridgehead atoms. The molecule has 2 amide bonds. The number of nitrogens with zero attached hydrogens (tertiary/aromatic N) is 3. The molecule has 0 aromatic carbocycles. The molecule has 1 aliphatic rings. The van der Waals surface area contributed by atoms with Crippen LogP contribution < -0.4 is 11.1 Å². The van der Waals surface area contributed by atoms with Crippen molar-refractivity contribution in [2.45, 2.75) is 24.0 Å². The summed E-state index contributed by atoms with van der Waals surface area (Å²) in [5, 5.41) is 5.78. The Morgan fingerprint density at radius 1 is 1.61 bits per heavy atom. The lowest BCUT2D eigenvalue weighted by atomic mass is 10.1. The summed E-state index contributed by atoms with van der Waals surface area (Å²) in [4.78, 5) is 25.1. The number of primary amides is 1. The summed E-state index contributed by atoms with van der Waals surface area (Å²) >= 11 is 0. The van der Waals surface area contributed by atoms with Gasteiger partial charge in [-0.05, 0) is 18.4 Å². The number of amides is 2. The van der Waals surface area contributed by atoms with Gasteiger partial charge in [-0.25, -0.2) is 4.68 Å². The van der Waals surface area contributed by atoms with Crippen molar-refractivity contribution in [2.24, 2.45) is 5.73 Å². The van der Waals surface area contributed by atoms with Crippen LogP contribution in [0.2, 0.25) is 0 Å². The highest BCUT2D eigenvalue weighted by Crippen LogP contribution is 2.36. The topological polar surface area (TPSA) is 102 Å². The molecule has 1 aromatic heterocycles. The maximum absolute atomic E-state index is 12.5. The van der Waals surface area contributed by atoms with Crippen molar-refractivity contribution in [3.8, 4) is 12.3 Å². The molecule has 2 rings (SSSR count). The first-order valence-corrected chi connectivity index (χ1v) is 8.43. The van der Waals surface area contributed by atoms with Crippen LogP contribution >= 0.6 is 0 Å². The molecule has 8 nitrogen and oxygen atoms in total. The molecule has 2 heterocycles. The second kappa shape index (κ2) is 7.68. The Labute approximate surface area is 162 Å². The molecule has 28 heavy (non-hydrogen) atoms. The monoisotopic (exact) mass is 412 g/mol. The lowest BCUT2D eigenvalue weighted by Crippen LogP contribution is -2.41. The van der Waals surface area contributed by atoms with Gasteiger partial charge in [0.2, 0.25) is 5.91 Å². The summed E-state index contributed by atoms with van der Waals surface area (Å²) in [6.45, 7) is 2.50. The Morgan fingerprint density at radius 3 is 2.71 bits per heavy atom. The molecule has 3 N–H and O–H groups in total. The average Bonchev–Trinajstić information content (AvgIpc) is 3.17. The zero-order valence-electron chi connectivity index (χ0n) is 14.8. The van der Waals surface area contributed by atoms with E-state index in [-0.39, 0.29) is 30.0 Å². The predicted molar refractivity (Wildman–Crippen MR) is 94.3 cm³/mol. The van der Waals surface area contributed by atoms with Gasteiger partial charge in [0.1, 0.15) is 17.1 Å². The van der Waals surface area contributed by atoms with Crippen LogP contribution in [-0.4, -0.2) is 69.3 Å². The van der Waals surface area contributed by atoms with Gasteiger partial charge in [0.15, 0.2) is 0 Å². The summed E-state index contributed by atoms with van der Waals surface area (Å²) in [6.07, 6.45) is 1.51. The second-order valence-corrected chi connectivity index (χ2v) is 6.99. The molecule has 1 fully saturated rings. The predicted octanol–water partition coefficient (Wildman–Crippen LogP) is 0.150. The number of hydrogen-bond donors (Lipinski definition) is 2. The Kier molecular flexibility index (Phi) is 5.90. The van der Waals surface area contributed by atoms with E-state index in [2.05, 4.69) is 37.9 Å². The quantitative estimate of drug-likeness (QED) is 0.393. The fourth-order valence-corrected chi connectivity index (χ4v) is 3.70. The van der Waals surface area contributed by atoms with E-state index in [4.69, 9.17) is 12.2 Å². The maximum Gasteiger partial charge on any atom is 0.522 e. The van der Waals surface area contributed by atoms with E-state index < -0.39 is 36.0 Å². The Morgan fingerprint density at radius 2 is 2.25 bits per heavy atom. The molecule has 2 atom stereocenters. The van der Waals surface area contributed by atoms with Crippen LogP contribution in [0.1, 0.15) is 22.5 Å². The number of anilines is 1. The fourth-order valence-electron chi connectivity index (χ4n) is 3.14. The highest BCUT2D eigenvalue weighted by Gasteiger charge is 2.47. The molecule has 149 valence electrons. The minimum Gasteiger partial charge on any atom is -0.373 e. The molecule has 0 aliphatic carbocycles. The number of alkyl halides is 3. The standard InChI is InChI=1S/C16H17F3N5O3Si/c1-4-10-12(13(20)26)14(21-3)24(22-10)15(28)6-9(7-27-16(17,18)19)23(8-15)11(25)5-2/h1,5,9,21H,2,6-8H2,3H3,(H2,20,26)/t9-,15-/m1/s1. The van der Waals surface area contributed by atoms with Crippen molar-refractivity contribution in [2.75, 3.05) is 25.5 Å². The van der Waals surface area contributed by atoms with Crippen LogP contribution in [0.25, 0.3) is 0 Å². The highest BCUT2D eigenvalue weighted by molar-refractivity contribution is 6.15. The summed E-state index contributed by atoms with van der Waals surface area (Å²) in [5.74, 6) is 1.01. The Balaban J connectivity index is 2.48. The smallest absolute Gasteiger partial charge is 0.373 e. The number of hydrogen-bond acceptors (Lipinski definition) is 5. The van der Waals surface area contributed by atoms with Crippen LogP contribution in [0.15, 0.2) is 12.7 Å². The zero-order chi connectivity index (χ0) is 21.3. The third kappa shape index (κ3) is 4.05. The van der Waals surface area contributed by atoms with Crippen LogP contribution in [0.3, 0.4) is 0 Å². The Hall–Kier alpha value is -2.78. The second-order valence-electron chi connectivity index (χ2n) is 6.06. The third-order valence-electron chi connectivity index (χ3n) is 4.25. The molecule has 0 saturated carbocycles. The third-order valence-corrected chi connectivity index (χ3v) is 4.83. The molecule has 1 saturated heterocycles. The molecule has 3 radical (unpaired) electrons. The van der Waals surface area contributed by atoms with E-state index in [0.29, 0.717) is 0 Å². The van der Waals surface area contributed by atoms with Crippen LogP contribution in [0.4, 0.5) is 19.0 Å². The van der Waals surface area contributed by atoms with Gasteiger partial charge < -0.3 is 16.0 Å². The van der Waals surface area contributed by atoms with Crippen molar-refractivity contribution in [3.05, 3.63) is 23.9 Å². The van der Waals surface area contributed by atoms with Gasteiger partial charge in [-0.3, -0.25) is 14.3 Å². The van der Waals surface area contributed by atoms with E-state index in [1.807, 2.05) is 0 Å². The number of rotatable bonds is 6. The molecule has 0 spiro atoms. The molecule has 0 unspecified atom stereocenters. The van der Waals surface area contributed by atoms with Crippen LogP contribution in [0.5, 0.6) is 0 Å². The van der Waals surface area contributed by atoms with E-state index >= 15 is 0 Å². The number of carbonyl (C=O) groups is 2. The number of carbonyl (C=O) groups excluding carboxylic acids is 2. The average molecular weight is 412 g/mol. The van der Waals surface area contributed by atoms with Gasteiger partial charge in [0, 0.05) is 13.6 Å². The lowest BCUT2D eigenvalue weighted by Gasteiger charge is -2.27. The summed E-state index contributed by atoms with van der Waals surface area (Å²) in [7, 11) is 5.01. The van der Waals surface area contributed by atoms with Gasteiger partial charge in [0.25, 0.3) is 5.91 Å². The number of halogens is 3. The van der Waals surface area contributed by atoms with Crippen molar-refractivity contribution < 1.29 is 27.5 Å². The molecular formula is C16H17F3N5O3Si. The van der Waals surface area contributed by atoms with Crippen molar-refractivity contribution >= 4 is 27.9 Å².